The van der Waals surface area contributed by atoms with Crippen LogP contribution in [0.15, 0.2) is 42.9 Å². The highest BCUT2D eigenvalue weighted by molar-refractivity contribution is 6.35. The first-order valence-electron chi connectivity index (χ1n) is 11.5. The van der Waals surface area contributed by atoms with Crippen molar-refractivity contribution in [2.75, 3.05) is 31.1 Å². The van der Waals surface area contributed by atoms with Crippen LogP contribution in [0.3, 0.4) is 0 Å². The molecule has 188 valence electrons. The predicted octanol–water partition coefficient (Wildman–Crippen LogP) is 4.77. The molecule has 3 aromatic heterocycles. The third-order valence-electron chi connectivity index (χ3n) is 6.32. The maximum absolute atomic E-state index is 15.7. The number of aromatic amines is 1. The molecule has 0 saturated carbocycles. The first-order chi connectivity index (χ1) is 17.3. The van der Waals surface area contributed by atoms with Crippen LogP contribution in [0.5, 0.6) is 5.75 Å². The van der Waals surface area contributed by atoms with Gasteiger partial charge >= 0.3 is 0 Å². The summed E-state index contributed by atoms with van der Waals surface area (Å²) in [7, 11) is 0. The normalized spacial score (nSPS) is 15.7. The van der Waals surface area contributed by atoms with E-state index in [0.29, 0.717) is 44.3 Å². The van der Waals surface area contributed by atoms with Crippen molar-refractivity contribution < 1.29 is 14.2 Å². The van der Waals surface area contributed by atoms with E-state index >= 15 is 4.39 Å². The minimum absolute atomic E-state index is 0.0527. The minimum atomic E-state index is -0.606. The van der Waals surface area contributed by atoms with Crippen molar-refractivity contribution in [3.05, 3.63) is 64.3 Å². The Hall–Kier alpha value is -2.98. The zero-order chi connectivity index (χ0) is 25.4. The van der Waals surface area contributed by atoms with Crippen LogP contribution in [0.1, 0.15) is 25.5 Å². The summed E-state index contributed by atoms with van der Waals surface area (Å²) in [5.41, 5.74) is 2.14. The van der Waals surface area contributed by atoms with E-state index in [1.54, 1.807) is 25.3 Å². The van der Waals surface area contributed by atoms with Gasteiger partial charge in [-0.1, -0.05) is 23.2 Å². The SMILES string of the molecule is C[C@@H](Oc1ccc2[nH]nc(-c3ccc(N4CC(C)(NCCO)C4)nc3)c2c1F)c1c(Cl)cncc1Cl. The molecule has 1 atom stereocenters. The summed E-state index contributed by atoms with van der Waals surface area (Å²) in [6.45, 7) is 6.08. The van der Waals surface area contributed by atoms with Crippen LogP contribution in [0, 0.1) is 5.82 Å². The summed E-state index contributed by atoms with van der Waals surface area (Å²) in [6.07, 6.45) is 4.03. The van der Waals surface area contributed by atoms with Gasteiger partial charge in [0.05, 0.1) is 33.1 Å². The Balaban J connectivity index is 1.38. The second kappa shape index (κ2) is 9.82. The fourth-order valence-corrected chi connectivity index (χ4v) is 5.23. The molecule has 0 bridgehead atoms. The highest BCUT2D eigenvalue weighted by Gasteiger charge is 2.38. The Bertz CT molecular complexity index is 1370. The van der Waals surface area contributed by atoms with E-state index in [2.05, 4.69) is 37.3 Å². The van der Waals surface area contributed by atoms with Gasteiger partial charge in [-0.2, -0.15) is 5.10 Å². The van der Waals surface area contributed by atoms with E-state index < -0.39 is 11.9 Å². The number of aliphatic hydroxyl groups excluding tert-OH is 1. The quantitative estimate of drug-likeness (QED) is 0.301. The molecule has 8 nitrogen and oxygen atoms in total. The molecule has 3 N–H and O–H groups in total. The van der Waals surface area contributed by atoms with Crippen molar-refractivity contribution in [1.82, 2.24) is 25.5 Å². The zero-order valence-corrected chi connectivity index (χ0v) is 21.2. The lowest BCUT2D eigenvalue weighted by molar-refractivity contribution is 0.217. The van der Waals surface area contributed by atoms with Crippen LogP contribution in [0.25, 0.3) is 22.2 Å². The lowest BCUT2D eigenvalue weighted by atomic mass is 9.92. The van der Waals surface area contributed by atoms with Gasteiger partial charge in [-0.05, 0) is 38.1 Å². The van der Waals surface area contributed by atoms with E-state index in [0.717, 1.165) is 18.9 Å². The molecule has 4 heterocycles. The third-order valence-corrected chi connectivity index (χ3v) is 6.92. The molecular weight excluding hydrogens is 506 g/mol. The van der Waals surface area contributed by atoms with Crippen LogP contribution in [-0.2, 0) is 0 Å². The summed E-state index contributed by atoms with van der Waals surface area (Å²) in [5, 5.41) is 20.6. The van der Waals surface area contributed by atoms with E-state index in [1.807, 2.05) is 12.1 Å². The van der Waals surface area contributed by atoms with E-state index in [9.17, 15) is 0 Å². The van der Waals surface area contributed by atoms with Crippen LogP contribution in [0.2, 0.25) is 10.0 Å². The zero-order valence-electron chi connectivity index (χ0n) is 19.7. The standard InChI is InChI=1S/C25H25Cl2FN6O2/c1-14(21-16(26)10-29-11-17(21)27)36-19-5-4-18-22(23(19)28)24(33-32-18)15-3-6-20(30-9-15)34-12-25(2,13-34)31-7-8-35/h3-6,9-11,14,31,35H,7-8,12-13H2,1-2H3,(H,32,33)/t14-/m1/s1. The molecule has 1 aliphatic heterocycles. The number of fused-ring (bicyclic) bond motifs is 1. The molecule has 1 aromatic carbocycles. The monoisotopic (exact) mass is 530 g/mol. The molecule has 36 heavy (non-hydrogen) atoms. The number of nitrogens with zero attached hydrogens (tertiary/aromatic N) is 4. The fourth-order valence-electron chi connectivity index (χ4n) is 4.55. The number of hydrogen-bond acceptors (Lipinski definition) is 7. The van der Waals surface area contributed by atoms with Crippen LogP contribution in [0.4, 0.5) is 10.2 Å². The van der Waals surface area contributed by atoms with E-state index in [4.69, 9.17) is 33.0 Å². The predicted molar refractivity (Wildman–Crippen MR) is 138 cm³/mol. The van der Waals surface area contributed by atoms with Crippen LogP contribution in [-0.4, -0.2) is 57.1 Å². The fraction of sp³-hybridized carbons (Fsp3) is 0.320. The highest BCUT2D eigenvalue weighted by atomic mass is 35.5. The summed E-state index contributed by atoms with van der Waals surface area (Å²) in [5.74, 6) is 0.342. The van der Waals surface area contributed by atoms with Gasteiger partial charge in [0.15, 0.2) is 11.6 Å². The number of ether oxygens (including phenoxy) is 1. The number of nitrogens with one attached hydrogen (secondary N) is 2. The summed E-state index contributed by atoms with van der Waals surface area (Å²) >= 11 is 12.5. The maximum atomic E-state index is 15.7. The van der Waals surface area contributed by atoms with Gasteiger partial charge in [0, 0.05) is 49.4 Å². The number of anilines is 1. The Morgan fingerprint density at radius 1 is 1.19 bits per heavy atom. The first-order valence-corrected chi connectivity index (χ1v) is 12.2. The largest absolute Gasteiger partial charge is 0.483 e. The Kier molecular flexibility index (Phi) is 6.74. The maximum Gasteiger partial charge on any atom is 0.176 e. The second-order valence-electron chi connectivity index (χ2n) is 9.12. The molecule has 1 fully saturated rings. The van der Waals surface area contributed by atoms with Gasteiger partial charge < -0.3 is 20.1 Å². The topological polar surface area (TPSA) is 99.2 Å². The smallest absolute Gasteiger partial charge is 0.176 e. The van der Waals surface area contributed by atoms with Crippen molar-refractivity contribution in [3.8, 4) is 17.0 Å². The van der Waals surface area contributed by atoms with Gasteiger partial charge in [-0.15, -0.1) is 0 Å². The second-order valence-corrected chi connectivity index (χ2v) is 9.94. The van der Waals surface area contributed by atoms with Gasteiger partial charge in [0.1, 0.15) is 17.6 Å². The number of aliphatic hydroxyl groups is 1. The molecule has 0 aliphatic carbocycles. The molecule has 0 amide bonds. The first kappa shape index (κ1) is 24.7. The van der Waals surface area contributed by atoms with Crippen LogP contribution < -0.4 is 15.0 Å². The molecule has 4 aromatic rings. The van der Waals surface area contributed by atoms with E-state index in [1.165, 1.54) is 12.4 Å². The number of benzene rings is 1. The molecule has 1 saturated heterocycles. The lowest BCUT2D eigenvalue weighted by Crippen LogP contribution is -2.68. The summed E-state index contributed by atoms with van der Waals surface area (Å²) in [4.78, 5) is 10.7. The number of H-pyrrole nitrogens is 1. The number of β-amino-alcohol motifs (C(OH)–C–C–N with tert-alkyl or cyclic N) is 1. The number of pyridine rings is 2. The lowest BCUT2D eigenvalue weighted by Gasteiger charge is -2.49. The summed E-state index contributed by atoms with van der Waals surface area (Å²) < 4.78 is 21.6. The average molecular weight is 531 g/mol. The number of hydrogen-bond donors (Lipinski definition) is 3. The Morgan fingerprint density at radius 2 is 1.94 bits per heavy atom. The average Bonchev–Trinajstić information content (AvgIpc) is 3.28. The van der Waals surface area contributed by atoms with Crippen molar-refractivity contribution in [3.63, 3.8) is 0 Å². The van der Waals surface area contributed by atoms with Crippen molar-refractivity contribution >= 4 is 39.9 Å². The Morgan fingerprint density at radius 3 is 2.61 bits per heavy atom. The molecule has 1 aliphatic rings. The van der Waals surface area contributed by atoms with Gasteiger partial charge in [-0.25, -0.2) is 9.37 Å². The van der Waals surface area contributed by atoms with Crippen molar-refractivity contribution in [2.24, 2.45) is 0 Å². The summed E-state index contributed by atoms with van der Waals surface area (Å²) in [6, 6.07) is 7.04. The van der Waals surface area contributed by atoms with Gasteiger partial charge in [0.25, 0.3) is 0 Å². The minimum Gasteiger partial charge on any atom is -0.483 e. The molecule has 0 unspecified atom stereocenters. The number of rotatable bonds is 8. The number of aromatic nitrogens is 4. The molecular formula is C25H25Cl2FN6O2. The molecule has 0 spiro atoms. The van der Waals surface area contributed by atoms with Crippen LogP contribution >= 0.6 is 23.2 Å². The van der Waals surface area contributed by atoms with Crippen molar-refractivity contribution in [2.45, 2.75) is 25.5 Å². The highest BCUT2D eigenvalue weighted by Crippen LogP contribution is 2.37. The van der Waals surface area contributed by atoms with Crippen molar-refractivity contribution in [1.29, 1.82) is 0 Å². The van der Waals surface area contributed by atoms with E-state index in [-0.39, 0.29) is 17.9 Å². The molecule has 0 radical (unpaired) electrons. The molecule has 11 heteroatoms. The third kappa shape index (κ3) is 4.59. The molecule has 5 rings (SSSR count). The number of halogens is 3. The van der Waals surface area contributed by atoms with Gasteiger partial charge in [0.2, 0.25) is 0 Å². The Labute approximate surface area is 217 Å². The van der Waals surface area contributed by atoms with Gasteiger partial charge in [-0.3, -0.25) is 10.1 Å².